The highest BCUT2D eigenvalue weighted by atomic mass is 16.2. The molecule has 5 nitrogen and oxygen atoms in total. The van der Waals surface area contributed by atoms with E-state index in [1.807, 2.05) is 30.5 Å². The molecule has 0 bridgehead atoms. The number of hydrogen-bond acceptors (Lipinski definition) is 2. The van der Waals surface area contributed by atoms with Crippen molar-refractivity contribution in [1.29, 1.82) is 0 Å². The maximum atomic E-state index is 12.7. The normalized spacial score (nSPS) is 16.6. The third-order valence-electron chi connectivity index (χ3n) is 5.78. The predicted octanol–water partition coefficient (Wildman–Crippen LogP) is 3.75. The fourth-order valence-corrected chi connectivity index (χ4v) is 4.15. The summed E-state index contributed by atoms with van der Waals surface area (Å²) in [6.45, 7) is 5.18. The molecule has 150 valence electrons. The molecule has 2 heterocycles. The van der Waals surface area contributed by atoms with Gasteiger partial charge in [0.2, 0.25) is 11.8 Å². The van der Waals surface area contributed by atoms with E-state index in [1.54, 1.807) is 4.90 Å². The number of aryl methyl sites for hydroxylation is 2. The highest BCUT2D eigenvalue weighted by Crippen LogP contribution is 2.28. The zero-order valence-corrected chi connectivity index (χ0v) is 17.0. The number of nitrogens with one attached hydrogen (secondary N) is 2. The molecule has 0 spiro atoms. The first-order valence-corrected chi connectivity index (χ1v) is 10.3. The summed E-state index contributed by atoms with van der Waals surface area (Å²) in [7, 11) is 0. The van der Waals surface area contributed by atoms with Crippen molar-refractivity contribution in [3.05, 3.63) is 65.4 Å². The molecular weight excluding hydrogens is 362 g/mol. The molecule has 1 fully saturated rings. The van der Waals surface area contributed by atoms with Crippen LogP contribution in [0.15, 0.2) is 48.7 Å². The van der Waals surface area contributed by atoms with E-state index in [0.717, 1.165) is 29.6 Å². The molecule has 0 radical (unpaired) electrons. The van der Waals surface area contributed by atoms with Gasteiger partial charge in [-0.25, -0.2) is 0 Å². The average molecular weight is 389 g/mol. The second kappa shape index (κ2) is 8.11. The molecule has 5 heteroatoms. The Bertz CT molecular complexity index is 1050. The summed E-state index contributed by atoms with van der Waals surface area (Å²) in [5.74, 6) is -0.304. The Kier molecular flexibility index (Phi) is 5.38. The predicted molar refractivity (Wildman–Crippen MR) is 116 cm³/mol. The van der Waals surface area contributed by atoms with E-state index in [-0.39, 0.29) is 24.2 Å². The molecular formula is C24H27N3O2. The number of fused-ring (bicyclic) bond motifs is 1. The molecule has 3 aromatic rings. The van der Waals surface area contributed by atoms with Gasteiger partial charge in [-0.3, -0.25) is 9.59 Å². The van der Waals surface area contributed by atoms with Gasteiger partial charge in [0.25, 0.3) is 0 Å². The summed E-state index contributed by atoms with van der Waals surface area (Å²) >= 11 is 0. The van der Waals surface area contributed by atoms with Crippen LogP contribution >= 0.6 is 0 Å². The summed E-state index contributed by atoms with van der Waals surface area (Å²) in [6.07, 6.45) is 3.91. The number of carbonyl (C=O) groups excluding carboxylic acids is 2. The number of aromatic amines is 1. The molecule has 1 saturated heterocycles. The Hall–Kier alpha value is -3.08. The van der Waals surface area contributed by atoms with Crippen molar-refractivity contribution in [1.82, 2.24) is 10.3 Å². The van der Waals surface area contributed by atoms with Gasteiger partial charge in [0.15, 0.2) is 0 Å². The van der Waals surface area contributed by atoms with Crippen molar-refractivity contribution in [2.75, 3.05) is 18.0 Å². The van der Waals surface area contributed by atoms with Crippen LogP contribution < -0.4 is 10.2 Å². The highest BCUT2D eigenvalue weighted by molar-refractivity contribution is 6.00. The Morgan fingerprint density at radius 2 is 2.03 bits per heavy atom. The van der Waals surface area contributed by atoms with E-state index in [9.17, 15) is 9.59 Å². The van der Waals surface area contributed by atoms with Crippen molar-refractivity contribution in [2.45, 2.75) is 33.1 Å². The van der Waals surface area contributed by atoms with Gasteiger partial charge < -0.3 is 15.2 Å². The molecule has 2 N–H and O–H groups in total. The lowest BCUT2D eigenvalue weighted by molar-refractivity contribution is -0.126. The second-order valence-electron chi connectivity index (χ2n) is 7.79. The number of carbonyl (C=O) groups is 2. The van der Waals surface area contributed by atoms with Gasteiger partial charge >= 0.3 is 0 Å². The van der Waals surface area contributed by atoms with E-state index < -0.39 is 0 Å². The fourth-order valence-electron chi connectivity index (χ4n) is 4.15. The van der Waals surface area contributed by atoms with Crippen molar-refractivity contribution in [3.63, 3.8) is 0 Å². The van der Waals surface area contributed by atoms with Gasteiger partial charge in [0.05, 0.1) is 5.92 Å². The lowest BCUT2D eigenvalue weighted by Gasteiger charge is -2.20. The van der Waals surface area contributed by atoms with E-state index in [4.69, 9.17) is 0 Å². The van der Waals surface area contributed by atoms with Crippen LogP contribution in [0.5, 0.6) is 0 Å². The van der Waals surface area contributed by atoms with Gasteiger partial charge in [0.1, 0.15) is 0 Å². The molecule has 0 saturated carbocycles. The minimum atomic E-state index is -0.294. The Balaban J connectivity index is 1.37. The minimum Gasteiger partial charge on any atom is -0.361 e. The maximum absolute atomic E-state index is 12.7. The SMILES string of the molecule is CCc1ccccc1N1CC(C(=O)NCCc2c[nH]c3ccc(C)cc23)CC1=O. The molecule has 4 rings (SSSR count). The number of rotatable bonds is 6. The third kappa shape index (κ3) is 3.90. The van der Waals surface area contributed by atoms with Crippen LogP contribution in [0.25, 0.3) is 10.9 Å². The zero-order chi connectivity index (χ0) is 20.4. The Morgan fingerprint density at radius 1 is 1.21 bits per heavy atom. The first kappa shape index (κ1) is 19.2. The summed E-state index contributed by atoms with van der Waals surface area (Å²) in [5, 5.41) is 4.24. The Labute approximate surface area is 171 Å². The van der Waals surface area contributed by atoms with Crippen LogP contribution in [0, 0.1) is 12.8 Å². The summed E-state index contributed by atoms with van der Waals surface area (Å²) in [5.41, 5.74) is 5.61. The maximum Gasteiger partial charge on any atom is 0.227 e. The monoisotopic (exact) mass is 389 g/mol. The Morgan fingerprint density at radius 3 is 2.86 bits per heavy atom. The standard InChI is InChI=1S/C24H27N3O2/c1-3-17-6-4-5-7-22(17)27-15-19(13-23(27)28)24(29)25-11-10-18-14-26-21-9-8-16(2)12-20(18)21/h4-9,12,14,19,26H,3,10-11,13,15H2,1-2H3,(H,25,29). The van der Waals surface area contributed by atoms with E-state index in [0.29, 0.717) is 13.1 Å². The number of benzene rings is 2. The molecule has 2 aromatic carbocycles. The molecule has 1 aliphatic rings. The lowest BCUT2D eigenvalue weighted by atomic mass is 10.1. The molecule has 1 atom stereocenters. The highest BCUT2D eigenvalue weighted by Gasteiger charge is 2.35. The van der Waals surface area contributed by atoms with Crippen molar-refractivity contribution >= 4 is 28.4 Å². The number of aromatic nitrogens is 1. The fraction of sp³-hybridized carbons (Fsp3) is 0.333. The largest absolute Gasteiger partial charge is 0.361 e. The van der Waals surface area contributed by atoms with Crippen LogP contribution in [-0.2, 0) is 22.4 Å². The number of para-hydroxylation sites is 1. The summed E-state index contributed by atoms with van der Waals surface area (Å²) < 4.78 is 0. The summed E-state index contributed by atoms with van der Waals surface area (Å²) in [6, 6.07) is 14.3. The van der Waals surface area contributed by atoms with Gasteiger partial charge in [-0.1, -0.05) is 36.8 Å². The second-order valence-corrected chi connectivity index (χ2v) is 7.79. The van der Waals surface area contributed by atoms with Gasteiger partial charge in [-0.15, -0.1) is 0 Å². The van der Waals surface area contributed by atoms with Crippen molar-refractivity contribution in [2.24, 2.45) is 5.92 Å². The topological polar surface area (TPSA) is 65.2 Å². The van der Waals surface area contributed by atoms with Crippen molar-refractivity contribution in [3.8, 4) is 0 Å². The van der Waals surface area contributed by atoms with Crippen LogP contribution in [0.4, 0.5) is 5.69 Å². The lowest BCUT2D eigenvalue weighted by Crippen LogP contribution is -2.34. The van der Waals surface area contributed by atoms with E-state index >= 15 is 0 Å². The molecule has 1 aliphatic heterocycles. The van der Waals surface area contributed by atoms with Gasteiger partial charge in [0, 0.05) is 42.3 Å². The molecule has 29 heavy (non-hydrogen) atoms. The van der Waals surface area contributed by atoms with Gasteiger partial charge in [-0.2, -0.15) is 0 Å². The van der Waals surface area contributed by atoms with Crippen LogP contribution in [0.1, 0.15) is 30.0 Å². The number of anilines is 1. The van der Waals surface area contributed by atoms with E-state index in [1.165, 1.54) is 16.5 Å². The molecule has 2 amide bonds. The molecule has 0 aliphatic carbocycles. The van der Waals surface area contributed by atoms with Crippen LogP contribution in [0.3, 0.4) is 0 Å². The first-order valence-electron chi connectivity index (χ1n) is 10.3. The number of nitrogens with zero attached hydrogens (tertiary/aromatic N) is 1. The minimum absolute atomic E-state index is 0.0261. The van der Waals surface area contributed by atoms with Crippen LogP contribution in [0.2, 0.25) is 0 Å². The number of hydrogen-bond donors (Lipinski definition) is 2. The zero-order valence-electron chi connectivity index (χ0n) is 17.0. The van der Waals surface area contributed by atoms with Crippen molar-refractivity contribution < 1.29 is 9.59 Å². The van der Waals surface area contributed by atoms with Gasteiger partial charge in [-0.05, 0) is 49.1 Å². The molecule has 1 unspecified atom stereocenters. The average Bonchev–Trinajstić information content (AvgIpc) is 3.31. The quantitative estimate of drug-likeness (QED) is 0.674. The van der Waals surface area contributed by atoms with E-state index in [2.05, 4.69) is 42.3 Å². The first-order chi connectivity index (χ1) is 14.1. The third-order valence-corrected chi connectivity index (χ3v) is 5.78. The number of amides is 2. The molecule has 1 aromatic heterocycles. The van der Waals surface area contributed by atoms with Crippen LogP contribution in [-0.4, -0.2) is 29.9 Å². The smallest absolute Gasteiger partial charge is 0.227 e. The summed E-state index contributed by atoms with van der Waals surface area (Å²) in [4.78, 5) is 30.3. The number of H-pyrrole nitrogens is 1.